The number of alkyl halides is 1. The van der Waals surface area contributed by atoms with Crippen molar-refractivity contribution in [2.45, 2.75) is 24.6 Å². The number of nitrogens with zero attached hydrogens (tertiary/aromatic N) is 2. The van der Waals surface area contributed by atoms with Gasteiger partial charge in [0, 0.05) is 37.8 Å². The van der Waals surface area contributed by atoms with Gasteiger partial charge in [-0.05, 0) is 69.8 Å². The van der Waals surface area contributed by atoms with Gasteiger partial charge in [-0.25, -0.2) is 0 Å². The van der Waals surface area contributed by atoms with E-state index < -0.39 is 0 Å². The molecule has 1 fully saturated rings. The predicted octanol–water partition coefficient (Wildman–Crippen LogP) is 7.20. The molecule has 0 radical (unpaired) electrons. The van der Waals surface area contributed by atoms with E-state index >= 15 is 0 Å². The molecule has 168 valence electrons. The number of rotatable bonds is 2. The van der Waals surface area contributed by atoms with Crippen LogP contribution in [0, 0.1) is 5.92 Å². The zero-order valence-electron chi connectivity index (χ0n) is 19.5. The summed E-state index contributed by atoms with van der Waals surface area (Å²) in [6, 6.07) is 27.3. The van der Waals surface area contributed by atoms with Crippen molar-refractivity contribution in [1.29, 1.82) is 0 Å². The van der Waals surface area contributed by atoms with Crippen LogP contribution >= 0.6 is 11.6 Å². The highest BCUT2D eigenvalue weighted by Crippen LogP contribution is 2.50. The molecule has 3 unspecified atom stereocenters. The molecular weight excluding hydrogens is 424 g/mol. The number of fused-ring (bicyclic) bond motifs is 5. The second-order valence-electron chi connectivity index (χ2n) is 10.00. The largest absolute Gasteiger partial charge is 0.369 e. The van der Waals surface area contributed by atoms with Gasteiger partial charge in [0.15, 0.2) is 0 Å². The fourth-order valence-corrected chi connectivity index (χ4v) is 6.25. The topological polar surface area (TPSA) is 6.48 Å². The average molecular weight is 455 g/mol. The van der Waals surface area contributed by atoms with Gasteiger partial charge in [-0.1, -0.05) is 67.6 Å². The van der Waals surface area contributed by atoms with Gasteiger partial charge in [-0.15, -0.1) is 11.6 Å². The molecule has 0 spiro atoms. The van der Waals surface area contributed by atoms with E-state index in [1.165, 1.54) is 43.9 Å². The van der Waals surface area contributed by atoms with Gasteiger partial charge in [-0.3, -0.25) is 0 Å². The minimum absolute atomic E-state index is 0.0664. The molecule has 6 rings (SSSR count). The Labute approximate surface area is 201 Å². The molecule has 0 bridgehead atoms. The van der Waals surface area contributed by atoms with Crippen molar-refractivity contribution in [3.8, 4) is 0 Å². The number of hydrogen-bond donors (Lipinski definition) is 0. The van der Waals surface area contributed by atoms with Crippen LogP contribution in [0.2, 0.25) is 0 Å². The number of benzene rings is 4. The molecule has 1 aliphatic heterocycles. The SMILES string of the molecule is CC1CC(c2ccc(N3CCN(C)CC3)cc2)c2c(ccc3c2ccc2ccccc23)C1Cl. The lowest BCUT2D eigenvalue weighted by atomic mass is 9.72. The van der Waals surface area contributed by atoms with Gasteiger partial charge in [0.05, 0.1) is 5.38 Å². The first-order valence-electron chi connectivity index (χ1n) is 12.2. The summed E-state index contributed by atoms with van der Waals surface area (Å²) in [6.07, 6.45) is 1.08. The van der Waals surface area contributed by atoms with Crippen molar-refractivity contribution in [2.75, 3.05) is 38.1 Å². The van der Waals surface area contributed by atoms with Crippen LogP contribution in [0.15, 0.2) is 72.8 Å². The van der Waals surface area contributed by atoms with E-state index in [-0.39, 0.29) is 5.38 Å². The summed E-state index contributed by atoms with van der Waals surface area (Å²) in [5, 5.41) is 5.38. The molecule has 2 nitrogen and oxygen atoms in total. The minimum atomic E-state index is 0.0664. The third-order valence-electron chi connectivity index (χ3n) is 7.92. The summed E-state index contributed by atoms with van der Waals surface area (Å²) in [6.45, 7) is 6.77. The zero-order chi connectivity index (χ0) is 22.5. The maximum Gasteiger partial charge on any atom is 0.0614 e. The Kier molecular flexibility index (Phi) is 5.31. The summed E-state index contributed by atoms with van der Waals surface area (Å²) in [4.78, 5) is 4.92. The average Bonchev–Trinajstić information content (AvgIpc) is 2.86. The first-order chi connectivity index (χ1) is 16.1. The lowest BCUT2D eigenvalue weighted by molar-refractivity contribution is 0.313. The Morgan fingerprint density at radius 1 is 0.758 bits per heavy atom. The number of hydrogen-bond acceptors (Lipinski definition) is 2. The number of likely N-dealkylation sites (N-methyl/N-ethyl adjacent to an activating group) is 1. The Morgan fingerprint density at radius 3 is 2.27 bits per heavy atom. The molecular formula is C30H31ClN2. The molecule has 3 atom stereocenters. The normalized spacial score (nSPS) is 23.7. The molecule has 0 saturated carbocycles. The van der Waals surface area contributed by atoms with Crippen LogP contribution in [0.5, 0.6) is 0 Å². The summed E-state index contributed by atoms with van der Waals surface area (Å²) in [5.74, 6) is 0.816. The maximum atomic E-state index is 7.00. The van der Waals surface area contributed by atoms with Crippen molar-refractivity contribution in [2.24, 2.45) is 5.92 Å². The summed E-state index contributed by atoms with van der Waals surface area (Å²) >= 11 is 7.00. The van der Waals surface area contributed by atoms with Gasteiger partial charge in [0.2, 0.25) is 0 Å². The molecule has 0 amide bonds. The zero-order valence-corrected chi connectivity index (χ0v) is 20.2. The number of piperazine rings is 1. The van der Waals surface area contributed by atoms with Gasteiger partial charge in [0.1, 0.15) is 0 Å². The first kappa shape index (κ1) is 21.0. The Balaban J connectivity index is 1.45. The van der Waals surface area contributed by atoms with Crippen molar-refractivity contribution in [3.63, 3.8) is 0 Å². The van der Waals surface area contributed by atoms with Crippen molar-refractivity contribution in [1.82, 2.24) is 4.90 Å². The fourth-order valence-electron chi connectivity index (χ4n) is 5.96. The summed E-state index contributed by atoms with van der Waals surface area (Å²) in [7, 11) is 2.21. The van der Waals surface area contributed by atoms with Crippen molar-refractivity contribution < 1.29 is 0 Å². The van der Waals surface area contributed by atoms with Gasteiger partial charge in [-0.2, -0.15) is 0 Å². The molecule has 0 aromatic heterocycles. The van der Waals surface area contributed by atoms with Gasteiger partial charge < -0.3 is 9.80 Å². The third kappa shape index (κ3) is 3.61. The molecule has 1 aliphatic carbocycles. The number of halogens is 1. The van der Waals surface area contributed by atoms with Crippen LogP contribution < -0.4 is 4.90 Å². The van der Waals surface area contributed by atoms with Crippen LogP contribution in [0.4, 0.5) is 5.69 Å². The monoisotopic (exact) mass is 454 g/mol. The molecule has 33 heavy (non-hydrogen) atoms. The van der Waals surface area contributed by atoms with E-state index in [9.17, 15) is 0 Å². The van der Waals surface area contributed by atoms with E-state index in [2.05, 4.69) is 96.6 Å². The van der Waals surface area contributed by atoms with Crippen LogP contribution in [-0.2, 0) is 0 Å². The highest BCUT2D eigenvalue weighted by molar-refractivity contribution is 6.21. The highest BCUT2D eigenvalue weighted by atomic mass is 35.5. The quantitative estimate of drug-likeness (QED) is 0.233. The van der Waals surface area contributed by atoms with E-state index in [1.54, 1.807) is 0 Å². The number of anilines is 1. The van der Waals surface area contributed by atoms with Crippen LogP contribution in [-0.4, -0.2) is 38.1 Å². The molecule has 3 heteroatoms. The van der Waals surface area contributed by atoms with Gasteiger partial charge >= 0.3 is 0 Å². The molecule has 1 saturated heterocycles. The Hall–Kier alpha value is -2.55. The second kappa shape index (κ2) is 8.34. The smallest absolute Gasteiger partial charge is 0.0614 e. The molecule has 4 aromatic rings. The Bertz CT molecular complexity index is 1300. The molecule has 1 heterocycles. The van der Waals surface area contributed by atoms with Crippen LogP contribution in [0.25, 0.3) is 21.5 Å². The van der Waals surface area contributed by atoms with E-state index in [1.807, 2.05) is 0 Å². The second-order valence-corrected chi connectivity index (χ2v) is 10.5. The minimum Gasteiger partial charge on any atom is -0.369 e. The summed E-state index contributed by atoms with van der Waals surface area (Å²) in [5.41, 5.74) is 5.50. The standard InChI is InChI=1S/C30H31ClN2/c1-20-19-28(22-7-10-23(11-8-22)33-17-15-32(2)16-18-33)29-26-12-9-21-5-3-4-6-24(21)25(26)13-14-27(29)30(20)31/h3-14,20,28,30H,15-19H2,1-2H3. The lowest BCUT2D eigenvalue weighted by Gasteiger charge is -2.36. The molecule has 4 aromatic carbocycles. The van der Waals surface area contributed by atoms with E-state index in [0.717, 1.165) is 32.6 Å². The van der Waals surface area contributed by atoms with Gasteiger partial charge in [0.25, 0.3) is 0 Å². The molecule has 0 N–H and O–H groups in total. The van der Waals surface area contributed by atoms with Crippen LogP contribution in [0.3, 0.4) is 0 Å². The highest BCUT2D eigenvalue weighted by Gasteiger charge is 2.33. The van der Waals surface area contributed by atoms with E-state index in [4.69, 9.17) is 11.6 Å². The Morgan fingerprint density at radius 2 is 1.48 bits per heavy atom. The maximum absolute atomic E-state index is 7.00. The lowest BCUT2D eigenvalue weighted by Crippen LogP contribution is -2.44. The first-order valence-corrected chi connectivity index (χ1v) is 12.7. The van der Waals surface area contributed by atoms with Crippen molar-refractivity contribution >= 4 is 38.8 Å². The fraction of sp³-hybridized carbons (Fsp3) is 0.333. The van der Waals surface area contributed by atoms with E-state index in [0.29, 0.717) is 11.8 Å². The predicted molar refractivity (Wildman–Crippen MR) is 142 cm³/mol. The summed E-state index contributed by atoms with van der Waals surface area (Å²) < 4.78 is 0. The third-order valence-corrected chi connectivity index (χ3v) is 8.58. The van der Waals surface area contributed by atoms with Crippen LogP contribution in [0.1, 0.15) is 41.3 Å². The molecule has 2 aliphatic rings. The van der Waals surface area contributed by atoms with Crippen molar-refractivity contribution in [3.05, 3.63) is 89.5 Å².